The number of aromatic nitrogens is 2. The van der Waals surface area contributed by atoms with E-state index < -0.39 is 12.0 Å². The zero-order chi connectivity index (χ0) is 15.6. The Morgan fingerprint density at radius 2 is 2.10 bits per heavy atom. The quantitative estimate of drug-likeness (QED) is 0.874. The molecule has 21 heavy (non-hydrogen) atoms. The maximum absolute atomic E-state index is 11.3. The summed E-state index contributed by atoms with van der Waals surface area (Å²) in [6.07, 6.45) is 2.45. The molecular formula is C14H18N3O2S2-. The van der Waals surface area contributed by atoms with Gasteiger partial charge in [0.05, 0.1) is 17.4 Å². The van der Waals surface area contributed by atoms with Crippen molar-refractivity contribution >= 4 is 45.1 Å². The van der Waals surface area contributed by atoms with Gasteiger partial charge in [0.2, 0.25) is 0 Å². The van der Waals surface area contributed by atoms with Gasteiger partial charge in [0.25, 0.3) is 0 Å². The SMILES string of the molecule is CSCC[C@@H](Nc1nc(C)nc2sc(C)c(C)c12)C(=O)[O-]. The molecule has 0 radical (unpaired) electrons. The lowest BCUT2D eigenvalue weighted by atomic mass is 10.2. The van der Waals surface area contributed by atoms with E-state index >= 15 is 0 Å². The number of fused-ring (bicyclic) bond motifs is 1. The number of nitrogens with one attached hydrogen (secondary N) is 1. The van der Waals surface area contributed by atoms with Crippen LogP contribution in [-0.2, 0) is 4.79 Å². The number of nitrogens with zero attached hydrogens (tertiary/aromatic N) is 2. The molecule has 0 amide bonds. The molecule has 2 heterocycles. The number of hydrogen-bond acceptors (Lipinski definition) is 7. The number of carboxylic acids is 1. The molecule has 114 valence electrons. The maximum atomic E-state index is 11.3. The largest absolute Gasteiger partial charge is 0.548 e. The first-order chi connectivity index (χ1) is 9.93. The van der Waals surface area contributed by atoms with E-state index in [1.54, 1.807) is 23.1 Å². The summed E-state index contributed by atoms with van der Waals surface area (Å²) in [6, 6.07) is -0.741. The highest BCUT2D eigenvalue weighted by atomic mass is 32.2. The third-order valence-corrected chi connectivity index (χ3v) is 5.09. The lowest BCUT2D eigenvalue weighted by Gasteiger charge is -2.20. The summed E-state index contributed by atoms with van der Waals surface area (Å²) < 4.78 is 0. The number of rotatable bonds is 6. The topological polar surface area (TPSA) is 77.9 Å². The number of thiophene rings is 1. The molecule has 7 heteroatoms. The molecular weight excluding hydrogens is 306 g/mol. The summed E-state index contributed by atoms with van der Waals surface area (Å²) in [7, 11) is 0. The van der Waals surface area contributed by atoms with Gasteiger partial charge in [0.15, 0.2) is 0 Å². The van der Waals surface area contributed by atoms with Gasteiger partial charge in [-0.05, 0) is 44.8 Å². The zero-order valence-electron chi connectivity index (χ0n) is 12.5. The van der Waals surface area contributed by atoms with E-state index in [0.717, 1.165) is 21.5 Å². The van der Waals surface area contributed by atoms with E-state index in [4.69, 9.17) is 0 Å². The summed E-state index contributed by atoms with van der Waals surface area (Å²) in [4.78, 5) is 22.2. The second-order valence-electron chi connectivity index (χ2n) is 4.88. The van der Waals surface area contributed by atoms with E-state index in [-0.39, 0.29) is 0 Å². The molecule has 0 spiro atoms. The Morgan fingerprint density at radius 3 is 2.71 bits per heavy atom. The molecule has 1 atom stereocenters. The Bertz CT molecular complexity index is 670. The Morgan fingerprint density at radius 1 is 1.38 bits per heavy atom. The minimum Gasteiger partial charge on any atom is -0.548 e. The molecule has 0 unspecified atom stereocenters. The number of carboxylic acid groups (broad SMARTS) is 1. The van der Waals surface area contributed by atoms with Crippen LogP contribution in [0.3, 0.4) is 0 Å². The third-order valence-electron chi connectivity index (χ3n) is 3.35. The highest BCUT2D eigenvalue weighted by Gasteiger charge is 2.17. The van der Waals surface area contributed by atoms with Gasteiger partial charge in [0.1, 0.15) is 16.5 Å². The summed E-state index contributed by atoms with van der Waals surface area (Å²) in [5.74, 6) is 0.876. The van der Waals surface area contributed by atoms with Crippen LogP contribution in [0.4, 0.5) is 5.82 Å². The predicted molar refractivity (Wildman–Crippen MR) is 87.0 cm³/mol. The molecule has 2 aromatic rings. The highest BCUT2D eigenvalue weighted by Crippen LogP contribution is 2.33. The number of carbonyl (C=O) groups excluding carboxylic acids is 1. The molecule has 2 rings (SSSR count). The molecule has 2 aromatic heterocycles. The van der Waals surface area contributed by atoms with Crippen LogP contribution >= 0.6 is 23.1 Å². The van der Waals surface area contributed by atoms with Crippen molar-refractivity contribution in [2.45, 2.75) is 33.2 Å². The van der Waals surface area contributed by atoms with Crippen molar-refractivity contribution in [2.75, 3.05) is 17.3 Å². The van der Waals surface area contributed by atoms with Crippen LogP contribution in [0.25, 0.3) is 10.2 Å². The van der Waals surface area contributed by atoms with Crippen LogP contribution < -0.4 is 10.4 Å². The van der Waals surface area contributed by atoms with E-state index in [1.165, 1.54) is 4.88 Å². The minimum absolute atomic E-state index is 0.496. The minimum atomic E-state index is -1.10. The van der Waals surface area contributed by atoms with Gasteiger partial charge in [-0.2, -0.15) is 11.8 Å². The second kappa shape index (κ2) is 6.62. The summed E-state index contributed by atoms with van der Waals surface area (Å²) >= 11 is 3.21. The molecule has 0 aliphatic carbocycles. The number of thioether (sulfide) groups is 1. The van der Waals surface area contributed by atoms with E-state index in [0.29, 0.717) is 18.1 Å². The number of carbonyl (C=O) groups is 1. The van der Waals surface area contributed by atoms with Crippen molar-refractivity contribution in [3.05, 3.63) is 16.3 Å². The van der Waals surface area contributed by atoms with Crippen molar-refractivity contribution in [3.63, 3.8) is 0 Å². The molecule has 0 aromatic carbocycles. The molecule has 0 bridgehead atoms. The van der Waals surface area contributed by atoms with Gasteiger partial charge < -0.3 is 15.2 Å². The van der Waals surface area contributed by atoms with Crippen LogP contribution in [0.15, 0.2) is 0 Å². The van der Waals surface area contributed by atoms with Crippen molar-refractivity contribution in [2.24, 2.45) is 0 Å². The van der Waals surface area contributed by atoms with Crippen LogP contribution in [0.2, 0.25) is 0 Å². The van der Waals surface area contributed by atoms with Crippen LogP contribution in [0.5, 0.6) is 0 Å². The molecule has 0 fully saturated rings. The summed E-state index contributed by atoms with van der Waals surface area (Å²) in [6.45, 7) is 5.85. The third kappa shape index (κ3) is 3.47. The highest BCUT2D eigenvalue weighted by molar-refractivity contribution is 7.98. The maximum Gasteiger partial charge on any atom is 0.139 e. The fraction of sp³-hybridized carbons (Fsp3) is 0.500. The standard InChI is InChI=1S/C14H19N3O2S2/c1-7-8(2)21-13-11(7)12(15-9(3)16-13)17-10(14(18)19)5-6-20-4/h10H,5-6H2,1-4H3,(H,18,19)(H,15,16,17)/p-1/t10-/m1/s1. The van der Waals surface area contributed by atoms with Gasteiger partial charge in [0, 0.05) is 4.88 Å². The average molecular weight is 324 g/mol. The molecule has 0 saturated carbocycles. The summed E-state index contributed by atoms with van der Waals surface area (Å²) in [5.41, 5.74) is 1.10. The number of hydrogen-bond donors (Lipinski definition) is 1. The fourth-order valence-electron chi connectivity index (χ4n) is 2.11. The van der Waals surface area contributed by atoms with Crippen molar-refractivity contribution in [3.8, 4) is 0 Å². The summed E-state index contributed by atoms with van der Waals surface area (Å²) in [5, 5.41) is 15.2. The van der Waals surface area contributed by atoms with E-state index in [9.17, 15) is 9.90 Å². The van der Waals surface area contributed by atoms with Crippen LogP contribution in [0, 0.1) is 20.8 Å². The molecule has 0 saturated heterocycles. The lowest BCUT2D eigenvalue weighted by Crippen LogP contribution is -2.41. The first-order valence-corrected chi connectivity index (χ1v) is 8.85. The van der Waals surface area contributed by atoms with Gasteiger partial charge in [-0.25, -0.2) is 9.97 Å². The predicted octanol–water partition coefficient (Wildman–Crippen LogP) is 1.90. The molecule has 0 aliphatic heterocycles. The number of aryl methyl sites for hydroxylation is 3. The van der Waals surface area contributed by atoms with Crippen molar-refractivity contribution in [1.82, 2.24) is 9.97 Å². The normalized spacial score (nSPS) is 12.6. The van der Waals surface area contributed by atoms with E-state index in [2.05, 4.69) is 15.3 Å². The number of anilines is 1. The first kappa shape index (κ1) is 16.0. The van der Waals surface area contributed by atoms with Gasteiger partial charge in [-0.3, -0.25) is 0 Å². The molecule has 1 N–H and O–H groups in total. The van der Waals surface area contributed by atoms with Crippen molar-refractivity contribution in [1.29, 1.82) is 0 Å². The zero-order valence-corrected chi connectivity index (χ0v) is 14.2. The smallest absolute Gasteiger partial charge is 0.139 e. The lowest BCUT2D eigenvalue weighted by molar-refractivity contribution is -0.306. The molecule has 5 nitrogen and oxygen atoms in total. The Balaban J connectivity index is 2.42. The van der Waals surface area contributed by atoms with E-state index in [1.807, 2.05) is 27.0 Å². The molecule has 0 aliphatic rings. The average Bonchev–Trinajstić information content (AvgIpc) is 2.69. The Hall–Kier alpha value is -1.34. The second-order valence-corrected chi connectivity index (χ2v) is 7.07. The Labute approximate surface area is 132 Å². The van der Waals surface area contributed by atoms with Gasteiger partial charge >= 0.3 is 0 Å². The van der Waals surface area contributed by atoms with Gasteiger partial charge in [-0.1, -0.05) is 0 Å². The van der Waals surface area contributed by atoms with Crippen molar-refractivity contribution < 1.29 is 9.90 Å². The number of aliphatic carboxylic acids is 1. The van der Waals surface area contributed by atoms with Gasteiger partial charge in [-0.15, -0.1) is 11.3 Å². The van der Waals surface area contributed by atoms with Crippen LogP contribution in [0.1, 0.15) is 22.7 Å². The Kier molecular flexibility index (Phi) is 5.05. The fourth-order valence-corrected chi connectivity index (χ4v) is 3.66. The monoisotopic (exact) mass is 324 g/mol. The first-order valence-electron chi connectivity index (χ1n) is 6.64. The van der Waals surface area contributed by atoms with Crippen LogP contribution in [-0.4, -0.2) is 34.0 Å².